The summed E-state index contributed by atoms with van der Waals surface area (Å²) >= 11 is 0. The van der Waals surface area contributed by atoms with Crippen LogP contribution in [0.5, 0.6) is 0 Å². The molecule has 1 rings (SSSR count). The van der Waals surface area contributed by atoms with E-state index in [0.717, 1.165) is 12.8 Å². The number of hydrogen-bond donors (Lipinski definition) is 1. The summed E-state index contributed by atoms with van der Waals surface area (Å²) in [5.74, 6) is -0.0777. The second-order valence-electron chi connectivity index (χ2n) is 7.34. The number of carbonyl (C=O) groups is 2. The molecule has 128 valence electrons. The normalized spacial score (nSPS) is 20.2. The van der Waals surface area contributed by atoms with Crippen molar-refractivity contribution in [3.05, 3.63) is 0 Å². The van der Waals surface area contributed by atoms with Crippen LogP contribution in [0.2, 0.25) is 0 Å². The Morgan fingerprint density at radius 1 is 1.32 bits per heavy atom. The van der Waals surface area contributed by atoms with E-state index in [0.29, 0.717) is 13.1 Å². The zero-order valence-corrected chi connectivity index (χ0v) is 14.8. The quantitative estimate of drug-likeness (QED) is 0.861. The second kappa shape index (κ2) is 7.31. The van der Waals surface area contributed by atoms with Crippen LogP contribution in [0.1, 0.15) is 54.4 Å². The molecule has 0 unspecified atom stereocenters. The van der Waals surface area contributed by atoms with E-state index in [1.807, 2.05) is 34.6 Å². The van der Waals surface area contributed by atoms with Crippen molar-refractivity contribution in [2.24, 2.45) is 5.73 Å². The molecule has 1 heterocycles. The minimum Gasteiger partial charge on any atom is -0.444 e. The highest BCUT2D eigenvalue weighted by molar-refractivity contribution is 5.81. The molecule has 6 heteroatoms. The molecule has 1 fully saturated rings. The van der Waals surface area contributed by atoms with E-state index >= 15 is 0 Å². The Morgan fingerprint density at radius 3 is 2.36 bits per heavy atom. The summed E-state index contributed by atoms with van der Waals surface area (Å²) in [5.41, 5.74) is 5.22. The average Bonchev–Trinajstić information content (AvgIpc) is 2.80. The summed E-state index contributed by atoms with van der Waals surface area (Å²) in [5, 5.41) is 0. The van der Waals surface area contributed by atoms with Crippen molar-refractivity contribution in [1.82, 2.24) is 9.80 Å². The van der Waals surface area contributed by atoms with Crippen LogP contribution in [0.15, 0.2) is 0 Å². The molecule has 0 aromatic heterocycles. The Kier molecular flexibility index (Phi) is 6.23. The van der Waals surface area contributed by atoms with Gasteiger partial charge in [0.05, 0.1) is 12.1 Å². The van der Waals surface area contributed by atoms with E-state index in [4.69, 9.17) is 10.5 Å². The highest BCUT2D eigenvalue weighted by Gasteiger charge is 2.35. The standard InChI is InChI=1S/C16H31N3O3/c1-11(2)19(14(20)12(3)17)10-13-8-7-9-18(13)15(21)22-16(4,5)6/h11-13H,7-10,17H2,1-6H3/t12-,13+/m0/s1. The van der Waals surface area contributed by atoms with Crippen LogP contribution in [-0.2, 0) is 9.53 Å². The van der Waals surface area contributed by atoms with Gasteiger partial charge in [-0.25, -0.2) is 4.79 Å². The zero-order chi connectivity index (χ0) is 17.1. The van der Waals surface area contributed by atoms with E-state index in [-0.39, 0.29) is 24.1 Å². The van der Waals surface area contributed by atoms with Crippen LogP contribution >= 0.6 is 0 Å². The number of ether oxygens (including phenoxy) is 1. The number of hydrogen-bond acceptors (Lipinski definition) is 4. The first-order valence-corrected chi connectivity index (χ1v) is 8.08. The molecule has 1 aliphatic rings. The zero-order valence-electron chi connectivity index (χ0n) is 14.8. The lowest BCUT2D eigenvalue weighted by atomic mass is 10.1. The highest BCUT2D eigenvalue weighted by Crippen LogP contribution is 2.22. The Labute approximate surface area is 134 Å². The smallest absolute Gasteiger partial charge is 0.410 e. The van der Waals surface area contributed by atoms with Crippen LogP contribution in [-0.4, -0.2) is 58.6 Å². The summed E-state index contributed by atoms with van der Waals surface area (Å²) in [4.78, 5) is 28.1. The fourth-order valence-electron chi connectivity index (χ4n) is 2.63. The number of nitrogens with zero attached hydrogens (tertiary/aromatic N) is 2. The average molecular weight is 313 g/mol. The minimum atomic E-state index is -0.529. The first-order chi connectivity index (χ1) is 10.0. The third-order valence-electron chi connectivity index (χ3n) is 3.71. The van der Waals surface area contributed by atoms with Gasteiger partial charge in [0.1, 0.15) is 5.60 Å². The summed E-state index contributed by atoms with van der Waals surface area (Å²) in [6, 6.07) is -0.474. The molecular formula is C16H31N3O3. The molecule has 0 bridgehead atoms. The van der Waals surface area contributed by atoms with Crippen molar-refractivity contribution in [1.29, 1.82) is 0 Å². The van der Waals surface area contributed by atoms with Crippen LogP contribution in [0.3, 0.4) is 0 Å². The molecule has 0 saturated carbocycles. The van der Waals surface area contributed by atoms with Gasteiger partial charge in [-0.3, -0.25) is 4.79 Å². The van der Waals surface area contributed by atoms with Gasteiger partial charge in [-0.2, -0.15) is 0 Å². The van der Waals surface area contributed by atoms with E-state index in [1.54, 1.807) is 16.7 Å². The number of rotatable bonds is 4. The third kappa shape index (κ3) is 5.16. The van der Waals surface area contributed by atoms with Gasteiger partial charge in [0.15, 0.2) is 0 Å². The van der Waals surface area contributed by atoms with Gasteiger partial charge in [-0.1, -0.05) is 0 Å². The van der Waals surface area contributed by atoms with Crippen LogP contribution in [0.4, 0.5) is 4.79 Å². The summed E-state index contributed by atoms with van der Waals surface area (Å²) in [7, 11) is 0. The van der Waals surface area contributed by atoms with Crippen molar-refractivity contribution < 1.29 is 14.3 Å². The van der Waals surface area contributed by atoms with Crippen LogP contribution in [0.25, 0.3) is 0 Å². The van der Waals surface area contributed by atoms with E-state index in [1.165, 1.54) is 0 Å². The Bertz CT molecular complexity index is 402. The Morgan fingerprint density at radius 2 is 1.91 bits per heavy atom. The van der Waals surface area contributed by atoms with Gasteiger partial charge in [0, 0.05) is 19.1 Å². The molecule has 0 aliphatic carbocycles. The maximum atomic E-state index is 12.3. The number of amides is 2. The summed E-state index contributed by atoms with van der Waals surface area (Å²) in [6.07, 6.45) is 1.52. The molecule has 0 aromatic rings. The molecule has 2 amide bonds. The van der Waals surface area contributed by atoms with Crippen molar-refractivity contribution in [3.8, 4) is 0 Å². The van der Waals surface area contributed by atoms with Crippen molar-refractivity contribution in [2.75, 3.05) is 13.1 Å². The lowest BCUT2D eigenvalue weighted by Gasteiger charge is -2.35. The molecule has 1 aliphatic heterocycles. The van der Waals surface area contributed by atoms with Crippen molar-refractivity contribution in [2.45, 2.75) is 78.1 Å². The van der Waals surface area contributed by atoms with Crippen molar-refractivity contribution in [3.63, 3.8) is 0 Å². The number of nitrogens with two attached hydrogens (primary N) is 1. The molecule has 2 atom stereocenters. The molecule has 0 radical (unpaired) electrons. The molecular weight excluding hydrogens is 282 g/mol. The fourth-order valence-corrected chi connectivity index (χ4v) is 2.63. The summed E-state index contributed by atoms with van der Waals surface area (Å²) in [6.45, 7) is 12.4. The topological polar surface area (TPSA) is 75.9 Å². The van der Waals surface area contributed by atoms with Gasteiger partial charge < -0.3 is 20.3 Å². The predicted octanol–water partition coefficient (Wildman–Crippen LogP) is 1.97. The lowest BCUT2D eigenvalue weighted by molar-refractivity contribution is -0.134. The SMILES string of the molecule is CC(C)N(C[C@H]1CCCN1C(=O)OC(C)(C)C)C(=O)[C@H](C)N. The Hall–Kier alpha value is -1.30. The third-order valence-corrected chi connectivity index (χ3v) is 3.71. The minimum absolute atomic E-state index is 0.0000463. The molecule has 2 N–H and O–H groups in total. The number of likely N-dealkylation sites (tertiary alicyclic amines) is 1. The molecule has 0 spiro atoms. The number of carbonyl (C=O) groups excluding carboxylic acids is 2. The summed E-state index contributed by atoms with van der Waals surface area (Å²) < 4.78 is 5.46. The first kappa shape index (κ1) is 18.7. The second-order valence-corrected chi connectivity index (χ2v) is 7.34. The largest absolute Gasteiger partial charge is 0.444 e. The van der Waals surface area contributed by atoms with E-state index in [9.17, 15) is 9.59 Å². The van der Waals surface area contributed by atoms with Gasteiger partial charge in [-0.15, -0.1) is 0 Å². The van der Waals surface area contributed by atoms with Gasteiger partial charge in [0.25, 0.3) is 0 Å². The molecule has 1 saturated heterocycles. The van der Waals surface area contributed by atoms with Crippen molar-refractivity contribution >= 4 is 12.0 Å². The van der Waals surface area contributed by atoms with E-state index in [2.05, 4.69) is 0 Å². The maximum absolute atomic E-state index is 12.3. The van der Waals surface area contributed by atoms with Gasteiger partial charge in [0.2, 0.25) is 5.91 Å². The Balaban J connectivity index is 2.77. The maximum Gasteiger partial charge on any atom is 0.410 e. The molecule has 6 nitrogen and oxygen atoms in total. The molecule has 0 aromatic carbocycles. The van der Waals surface area contributed by atoms with Crippen LogP contribution < -0.4 is 5.73 Å². The van der Waals surface area contributed by atoms with Crippen LogP contribution in [0, 0.1) is 0 Å². The highest BCUT2D eigenvalue weighted by atomic mass is 16.6. The predicted molar refractivity (Wildman–Crippen MR) is 86.5 cm³/mol. The molecule has 22 heavy (non-hydrogen) atoms. The lowest BCUT2D eigenvalue weighted by Crippen LogP contribution is -2.52. The fraction of sp³-hybridized carbons (Fsp3) is 0.875. The van der Waals surface area contributed by atoms with Gasteiger partial charge in [-0.05, 0) is 54.4 Å². The first-order valence-electron chi connectivity index (χ1n) is 8.08. The monoisotopic (exact) mass is 313 g/mol. The van der Waals surface area contributed by atoms with Gasteiger partial charge >= 0.3 is 6.09 Å². The van der Waals surface area contributed by atoms with E-state index < -0.39 is 11.6 Å².